The van der Waals surface area contributed by atoms with Gasteiger partial charge >= 0.3 is 45.9 Å². The van der Waals surface area contributed by atoms with Crippen molar-refractivity contribution in [1.82, 2.24) is 0 Å². The van der Waals surface area contributed by atoms with E-state index in [9.17, 15) is 4.79 Å². The Hall–Kier alpha value is 0.260. The number of ether oxygens (including phenoxy) is 1. The van der Waals surface area contributed by atoms with Crippen molar-refractivity contribution in [3.63, 3.8) is 0 Å². The molecule has 88 valence electrons. The van der Waals surface area contributed by atoms with Crippen LogP contribution in [0.1, 0.15) is 8.35 Å². The van der Waals surface area contributed by atoms with E-state index < -0.39 is 22.5 Å². The summed E-state index contributed by atoms with van der Waals surface area (Å²) in [7, 11) is -4.67. The van der Waals surface area contributed by atoms with E-state index in [2.05, 4.69) is 4.74 Å². The molecule has 1 unspecified atom stereocenters. The molecule has 0 aromatic rings. The van der Waals surface area contributed by atoms with Gasteiger partial charge in [-0.15, -0.1) is 0 Å². The summed E-state index contributed by atoms with van der Waals surface area (Å²) >= 11 is 0. The predicted octanol–water partition coefficient (Wildman–Crippen LogP) is -4.63. The van der Waals surface area contributed by atoms with E-state index in [0.29, 0.717) is 0 Å². The molecule has 1 atom stereocenters. The molecule has 0 fully saturated rings. The zero-order chi connectivity index (χ0) is 11.8. The van der Waals surface area contributed by atoms with Crippen molar-refractivity contribution in [3.8, 4) is 0 Å². The molecular weight excluding hydrogens is 243 g/mol. The van der Waals surface area contributed by atoms with E-state index >= 15 is 0 Å². The smallest absolute Gasteiger partial charge is 1.00 e. The number of hydrogen-bond acceptors (Lipinski definition) is 6. The third-order valence-corrected chi connectivity index (χ3v) is 0.690. The van der Waals surface area contributed by atoms with Crippen molar-refractivity contribution in [1.29, 1.82) is 0 Å². The van der Waals surface area contributed by atoms with Crippen molar-refractivity contribution in [2.24, 2.45) is 0 Å². The van der Waals surface area contributed by atoms with Crippen LogP contribution >= 0.6 is 0 Å². The van der Waals surface area contributed by atoms with Crippen molar-refractivity contribution in [3.05, 3.63) is 0 Å². The second kappa shape index (κ2) is 10.8. The zero-order valence-corrected chi connectivity index (χ0v) is 11.1. The van der Waals surface area contributed by atoms with Crippen LogP contribution < -0.4 is 29.6 Å². The Labute approximate surface area is 111 Å². The minimum absolute atomic E-state index is 0. The fraction of sp³-hybridized carbons (Fsp3) is 0.800. The summed E-state index contributed by atoms with van der Waals surface area (Å²) in [5.41, 5.74) is 0. The van der Waals surface area contributed by atoms with E-state index in [1.807, 2.05) is 0 Å². The second-order valence-corrected chi connectivity index (χ2v) is 2.98. The molecular formula is C5H13NaO8S. The summed E-state index contributed by atoms with van der Waals surface area (Å²) < 4.78 is 35.9. The first-order valence-electron chi connectivity index (χ1n) is 3.29. The van der Waals surface area contributed by atoms with Gasteiger partial charge in [-0.3, -0.25) is 13.9 Å². The van der Waals surface area contributed by atoms with Gasteiger partial charge in [0.05, 0.1) is 6.61 Å². The van der Waals surface area contributed by atoms with Crippen LogP contribution in [0.3, 0.4) is 0 Å². The molecule has 0 aromatic carbocycles. The Morgan fingerprint density at radius 3 is 2.00 bits per heavy atom. The summed E-state index contributed by atoms with van der Waals surface area (Å²) in [5, 5.41) is 16.8. The minimum Gasteiger partial charge on any atom is -1.00 e. The van der Waals surface area contributed by atoms with Gasteiger partial charge in [-0.2, -0.15) is 8.42 Å². The van der Waals surface area contributed by atoms with Crippen LogP contribution in [-0.4, -0.2) is 53.0 Å². The molecule has 0 aliphatic heterocycles. The Kier molecular flexibility index (Phi) is 14.8. The van der Waals surface area contributed by atoms with Crippen LogP contribution in [0.2, 0.25) is 0 Å². The number of esters is 1. The third-order valence-electron chi connectivity index (χ3n) is 0.690. The predicted molar refractivity (Wildman–Crippen MR) is 45.0 cm³/mol. The van der Waals surface area contributed by atoms with Crippen LogP contribution in [-0.2, 0) is 19.9 Å². The maximum Gasteiger partial charge on any atom is 1.00 e. The van der Waals surface area contributed by atoms with Crippen molar-refractivity contribution < 1.29 is 68.3 Å². The van der Waals surface area contributed by atoms with Crippen LogP contribution in [0.5, 0.6) is 0 Å². The molecule has 10 heteroatoms. The van der Waals surface area contributed by atoms with Crippen molar-refractivity contribution >= 4 is 16.4 Å². The van der Waals surface area contributed by atoms with E-state index in [1.165, 1.54) is 6.92 Å². The summed E-state index contributed by atoms with van der Waals surface area (Å²) in [6.07, 6.45) is -0.950. The summed E-state index contributed by atoms with van der Waals surface area (Å²) in [6.45, 7) is 0.725. The number of rotatable bonds is 3. The first kappa shape index (κ1) is 20.6. The molecule has 0 amide bonds. The van der Waals surface area contributed by atoms with E-state index in [-0.39, 0.29) is 44.2 Å². The summed E-state index contributed by atoms with van der Waals surface area (Å²) in [4.78, 5) is 10.0. The maximum atomic E-state index is 10.0. The SMILES string of the molecule is CC(=O)OCC(O)CO.O=S(=O)(O)O.[H-].[Na+]. The standard InChI is InChI=1S/C5H10O4.Na.H2O4S.H/c1-4(7)9-3-5(8)2-6;;1-5(2,3)4;/h5-6,8H,2-3H2,1H3;;(H2,1,2,3,4);/q;+1;;-1. The number of carbonyl (C=O) groups excluding carboxylic acids is 1. The molecule has 0 heterocycles. The topological polar surface area (TPSA) is 141 Å². The molecule has 8 nitrogen and oxygen atoms in total. The van der Waals surface area contributed by atoms with E-state index in [4.69, 9.17) is 27.7 Å². The van der Waals surface area contributed by atoms with Crippen LogP contribution in [0.25, 0.3) is 0 Å². The quantitative estimate of drug-likeness (QED) is 0.224. The zero-order valence-electron chi connectivity index (χ0n) is 9.32. The molecule has 0 aliphatic carbocycles. The van der Waals surface area contributed by atoms with Gasteiger partial charge in [0.2, 0.25) is 0 Å². The molecule has 4 N–H and O–H groups in total. The number of carbonyl (C=O) groups is 1. The minimum atomic E-state index is -4.67. The molecule has 0 bridgehead atoms. The Bertz CT molecular complexity index is 247. The molecule has 0 aliphatic rings. The number of aliphatic hydroxyl groups excluding tert-OH is 2. The number of aliphatic hydroxyl groups is 2. The average molecular weight is 256 g/mol. The Balaban J connectivity index is -0.0000000904. The van der Waals surface area contributed by atoms with E-state index in [1.54, 1.807) is 0 Å². The molecule has 0 saturated carbocycles. The van der Waals surface area contributed by atoms with Gasteiger partial charge in [-0.25, -0.2) is 0 Å². The van der Waals surface area contributed by atoms with Crippen LogP contribution in [0, 0.1) is 0 Å². The van der Waals surface area contributed by atoms with Crippen molar-refractivity contribution in [2.45, 2.75) is 13.0 Å². The summed E-state index contributed by atoms with van der Waals surface area (Å²) in [6, 6.07) is 0. The number of hydrogen-bond donors (Lipinski definition) is 4. The Morgan fingerprint density at radius 2 is 1.80 bits per heavy atom. The average Bonchev–Trinajstić information content (AvgIpc) is 1.96. The molecule has 0 rings (SSSR count). The molecule has 0 spiro atoms. The third kappa shape index (κ3) is 40.7. The first-order valence-corrected chi connectivity index (χ1v) is 4.68. The molecule has 15 heavy (non-hydrogen) atoms. The van der Waals surface area contributed by atoms with Crippen LogP contribution in [0.4, 0.5) is 0 Å². The van der Waals surface area contributed by atoms with E-state index in [0.717, 1.165) is 0 Å². The van der Waals surface area contributed by atoms with Gasteiger partial charge < -0.3 is 16.4 Å². The Morgan fingerprint density at radius 1 is 1.47 bits per heavy atom. The summed E-state index contributed by atoms with van der Waals surface area (Å²) in [5.74, 6) is -0.456. The van der Waals surface area contributed by atoms with Gasteiger partial charge in [-0.1, -0.05) is 0 Å². The monoisotopic (exact) mass is 256 g/mol. The van der Waals surface area contributed by atoms with Gasteiger partial charge in [-0.05, 0) is 0 Å². The first-order chi connectivity index (χ1) is 6.16. The largest absolute Gasteiger partial charge is 1.00 e. The van der Waals surface area contributed by atoms with Gasteiger partial charge in [0, 0.05) is 6.92 Å². The molecule has 0 radical (unpaired) electrons. The normalized spacial score (nSPS) is 11.5. The fourth-order valence-corrected chi connectivity index (χ4v) is 0.266. The molecule has 0 aromatic heterocycles. The van der Waals surface area contributed by atoms with Crippen molar-refractivity contribution in [2.75, 3.05) is 13.2 Å². The second-order valence-electron chi connectivity index (χ2n) is 2.09. The fourth-order valence-electron chi connectivity index (χ4n) is 0.266. The van der Waals surface area contributed by atoms with Gasteiger partial charge in [0.25, 0.3) is 0 Å². The van der Waals surface area contributed by atoms with Gasteiger partial charge in [0.15, 0.2) is 0 Å². The van der Waals surface area contributed by atoms with Gasteiger partial charge in [0.1, 0.15) is 12.7 Å². The molecule has 0 saturated heterocycles. The van der Waals surface area contributed by atoms with Crippen LogP contribution in [0.15, 0.2) is 0 Å². The maximum absolute atomic E-state index is 10.0.